The van der Waals surface area contributed by atoms with Crippen LogP contribution in [0.2, 0.25) is 0 Å². The van der Waals surface area contributed by atoms with E-state index in [1.165, 1.54) is 6.08 Å². The first-order chi connectivity index (χ1) is 16.5. The average Bonchev–Trinajstić information content (AvgIpc) is 3.46. The molecule has 0 aliphatic heterocycles. The molecule has 4 rings (SSSR count). The third-order valence-electron chi connectivity index (χ3n) is 5.02. The van der Waals surface area contributed by atoms with Crippen LogP contribution in [-0.4, -0.2) is 40.5 Å². The average molecular weight is 459 g/mol. The Bertz CT molecular complexity index is 1320. The zero-order chi connectivity index (χ0) is 23.9. The number of guanidine groups is 1. The van der Waals surface area contributed by atoms with Crippen LogP contribution in [0.4, 0.5) is 5.95 Å². The topological polar surface area (TPSA) is 117 Å². The molecule has 174 valence electrons. The summed E-state index contributed by atoms with van der Waals surface area (Å²) in [6.07, 6.45) is 7.13. The molecule has 4 aromatic rings. The maximum atomic E-state index is 12.5. The van der Waals surface area contributed by atoms with Gasteiger partial charge in [0, 0.05) is 41.1 Å². The summed E-state index contributed by atoms with van der Waals surface area (Å²) in [5, 5.41) is 6.87. The number of ether oxygens (including phenoxy) is 1. The van der Waals surface area contributed by atoms with Gasteiger partial charge in [-0.3, -0.25) is 20.4 Å². The number of hydrogen-bond acceptors (Lipinski definition) is 6. The van der Waals surface area contributed by atoms with Gasteiger partial charge in [0.1, 0.15) is 11.5 Å². The lowest BCUT2D eigenvalue weighted by Gasteiger charge is -2.10. The third kappa shape index (κ3) is 5.89. The van der Waals surface area contributed by atoms with E-state index in [9.17, 15) is 4.79 Å². The quantitative estimate of drug-likeness (QED) is 0.219. The molecular formula is C25H26N6O3. The van der Waals surface area contributed by atoms with Gasteiger partial charge in [-0.15, -0.1) is 0 Å². The van der Waals surface area contributed by atoms with Crippen molar-refractivity contribution in [2.24, 2.45) is 4.99 Å². The molecule has 34 heavy (non-hydrogen) atoms. The van der Waals surface area contributed by atoms with Gasteiger partial charge in [0.05, 0.1) is 13.4 Å². The molecule has 0 aliphatic rings. The first-order valence-corrected chi connectivity index (χ1v) is 10.8. The second-order valence-electron chi connectivity index (χ2n) is 7.64. The van der Waals surface area contributed by atoms with Gasteiger partial charge in [-0.25, -0.2) is 9.97 Å². The van der Waals surface area contributed by atoms with Gasteiger partial charge in [0.15, 0.2) is 0 Å². The van der Waals surface area contributed by atoms with Gasteiger partial charge in [-0.2, -0.15) is 0 Å². The Hall–Kier alpha value is -4.40. The van der Waals surface area contributed by atoms with Crippen LogP contribution in [0.5, 0.6) is 5.75 Å². The van der Waals surface area contributed by atoms with Gasteiger partial charge in [0.2, 0.25) is 11.9 Å². The van der Waals surface area contributed by atoms with Crippen molar-refractivity contribution in [3.05, 3.63) is 77.6 Å². The van der Waals surface area contributed by atoms with Crippen LogP contribution in [-0.2, 0) is 11.2 Å². The van der Waals surface area contributed by atoms with Gasteiger partial charge < -0.3 is 14.1 Å². The maximum absolute atomic E-state index is 12.5. The van der Waals surface area contributed by atoms with Gasteiger partial charge in [0.25, 0.3) is 5.91 Å². The van der Waals surface area contributed by atoms with Crippen LogP contribution in [0.25, 0.3) is 17.0 Å². The number of benzene rings is 1. The number of carbonyl (C=O) groups excluding carboxylic acids is 1. The highest BCUT2D eigenvalue weighted by Gasteiger charge is 2.09. The standard InChI is InChI=1S/C25H26N6O3/c1-16-13-17(2)29-25(28-16)31-24(30-23(32)9-7-19-5-4-12-34-19)26-11-10-18-15-27-22-8-6-20(33-3)14-21(18)22/h4-9,12-15,27H,10-11H2,1-3H3,(H2,26,28,29,30,31,32). The molecule has 9 heteroatoms. The number of fused-ring (bicyclic) bond motifs is 1. The number of aromatic amines is 1. The first-order valence-electron chi connectivity index (χ1n) is 10.8. The van der Waals surface area contributed by atoms with Gasteiger partial charge in [-0.1, -0.05) is 0 Å². The number of anilines is 1. The number of carbonyl (C=O) groups is 1. The fourth-order valence-electron chi connectivity index (χ4n) is 3.48. The zero-order valence-corrected chi connectivity index (χ0v) is 19.3. The highest BCUT2D eigenvalue weighted by atomic mass is 16.5. The van der Waals surface area contributed by atoms with Gasteiger partial charge >= 0.3 is 0 Å². The number of methoxy groups -OCH3 is 1. The number of hydrogen-bond donors (Lipinski definition) is 3. The van der Waals surface area contributed by atoms with Crippen molar-refractivity contribution in [2.45, 2.75) is 20.3 Å². The van der Waals surface area contributed by atoms with E-state index >= 15 is 0 Å². The summed E-state index contributed by atoms with van der Waals surface area (Å²) in [4.78, 5) is 29.1. The molecular weight excluding hydrogens is 432 g/mol. The SMILES string of the molecule is COc1ccc2[nH]cc(CCN=C(NC(=O)C=Cc3ccco3)Nc3nc(C)cc(C)n3)c2c1. The number of amides is 1. The summed E-state index contributed by atoms with van der Waals surface area (Å²) in [5.41, 5.74) is 3.75. The van der Waals surface area contributed by atoms with Crippen LogP contribution < -0.4 is 15.4 Å². The predicted octanol–water partition coefficient (Wildman–Crippen LogP) is 4.02. The Morgan fingerprint density at radius 2 is 2.03 bits per heavy atom. The summed E-state index contributed by atoms with van der Waals surface area (Å²) in [6, 6.07) is 11.3. The molecule has 0 unspecified atom stereocenters. The van der Waals surface area contributed by atoms with Crippen molar-refractivity contribution >= 4 is 34.8 Å². The Kier molecular flexibility index (Phi) is 7.02. The van der Waals surface area contributed by atoms with Crippen molar-refractivity contribution in [3.8, 4) is 5.75 Å². The summed E-state index contributed by atoms with van der Waals surface area (Å²) in [7, 11) is 1.65. The van der Waals surface area contributed by atoms with Crippen molar-refractivity contribution in [1.29, 1.82) is 0 Å². The summed E-state index contributed by atoms with van der Waals surface area (Å²) in [5.74, 6) is 1.64. The highest BCUT2D eigenvalue weighted by Crippen LogP contribution is 2.24. The number of H-pyrrole nitrogens is 1. The molecule has 0 atom stereocenters. The van der Waals surface area contributed by atoms with E-state index in [2.05, 4.69) is 30.6 Å². The van der Waals surface area contributed by atoms with Crippen LogP contribution in [0.3, 0.4) is 0 Å². The predicted molar refractivity (Wildman–Crippen MR) is 132 cm³/mol. The molecule has 0 aliphatic carbocycles. The summed E-state index contributed by atoms with van der Waals surface area (Å²) in [6.45, 7) is 4.19. The number of aliphatic imine (C=N–C) groups is 1. The van der Waals surface area contributed by atoms with E-state index in [1.54, 1.807) is 31.6 Å². The molecule has 0 saturated heterocycles. The largest absolute Gasteiger partial charge is 0.497 e. The second-order valence-corrected chi connectivity index (χ2v) is 7.64. The van der Waals surface area contributed by atoms with Crippen LogP contribution in [0, 0.1) is 13.8 Å². The number of nitrogens with zero attached hydrogens (tertiary/aromatic N) is 3. The normalized spacial score (nSPS) is 11.8. The lowest BCUT2D eigenvalue weighted by molar-refractivity contribution is -0.115. The lowest BCUT2D eigenvalue weighted by Crippen LogP contribution is -2.35. The maximum Gasteiger partial charge on any atom is 0.250 e. The molecule has 0 radical (unpaired) electrons. The lowest BCUT2D eigenvalue weighted by atomic mass is 10.1. The number of aryl methyl sites for hydroxylation is 2. The van der Waals surface area contributed by atoms with E-state index in [1.807, 2.05) is 44.3 Å². The zero-order valence-electron chi connectivity index (χ0n) is 19.3. The fourth-order valence-corrected chi connectivity index (χ4v) is 3.48. The van der Waals surface area contributed by atoms with E-state index < -0.39 is 0 Å². The minimum absolute atomic E-state index is 0.261. The summed E-state index contributed by atoms with van der Waals surface area (Å²) < 4.78 is 10.6. The molecule has 0 saturated carbocycles. The molecule has 1 aromatic carbocycles. The van der Waals surface area contributed by atoms with Crippen molar-refractivity contribution in [3.63, 3.8) is 0 Å². The number of aromatic nitrogens is 3. The van der Waals surface area contributed by atoms with Gasteiger partial charge in [-0.05, 0) is 68.3 Å². The number of rotatable bonds is 7. The minimum Gasteiger partial charge on any atom is -0.497 e. The van der Waals surface area contributed by atoms with Crippen LogP contribution in [0.1, 0.15) is 22.7 Å². The Morgan fingerprint density at radius 3 is 2.76 bits per heavy atom. The van der Waals surface area contributed by atoms with Crippen molar-refractivity contribution in [1.82, 2.24) is 20.3 Å². The van der Waals surface area contributed by atoms with Crippen molar-refractivity contribution in [2.75, 3.05) is 19.0 Å². The highest BCUT2D eigenvalue weighted by molar-refractivity contribution is 6.08. The van der Waals surface area contributed by atoms with E-state index in [4.69, 9.17) is 9.15 Å². The van der Waals surface area contributed by atoms with Crippen LogP contribution >= 0.6 is 0 Å². The Morgan fingerprint density at radius 1 is 1.21 bits per heavy atom. The number of nitrogens with one attached hydrogen (secondary N) is 3. The molecule has 1 amide bonds. The molecule has 0 spiro atoms. The third-order valence-corrected chi connectivity index (χ3v) is 5.02. The minimum atomic E-state index is -0.358. The van der Waals surface area contributed by atoms with Crippen molar-refractivity contribution < 1.29 is 13.9 Å². The smallest absolute Gasteiger partial charge is 0.250 e. The Labute approximate surface area is 197 Å². The Balaban J connectivity index is 1.51. The molecule has 3 aromatic heterocycles. The monoisotopic (exact) mass is 458 g/mol. The van der Waals surface area contributed by atoms with Crippen LogP contribution in [0.15, 0.2) is 64.3 Å². The fraction of sp³-hybridized carbons (Fsp3) is 0.200. The molecule has 3 heterocycles. The first kappa shape index (κ1) is 22.8. The molecule has 3 N–H and O–H groups in total. The number of furan rings is 1. The second kappa shape index (κ2) is 10.5. The molecule has 0 fully saturated rings. The summed E-state index contributed by atoms with van der Waals surface area (Å²) >= 11 is 0. The van der Waals surface area contributed by atoms with E-state index in [0.717, 1.165) is 33.6 Å². The molecule has 9 nitrogen and oxygen atoms in total. The van der Waals surface area contributed by atoms with E-state index in [0.29, 0.717) is 24.7 Å². The van der Waals surface area contributed by atoms with E-state index in [-0.39, 0.29) is 11.9 Å². The molecule has 0 bridgehead atoms.